The molecule has 2 atom stereocenters. The van der Waals surface area contributed by atoms with Gasteiger partial charge in [0.2, 0.25) is 0 Å². The van der Waals surface area contributed by atoms with E-state index in [0.29, 0.717) is 0 Å². The second-order valence-electron chi connectivity index (χ2n) is 7.48. The highest BCUT2D eigenvalue weighted by molar-refractivity contribution is 7.92. The number of alkyl carbamates (subject to hydrolysis) is 1. The van der Waals surface area contributed by atoms with E-state index in [1.54, 1.807) is 24.3 Å². The number of benzene rings is 1. The number of carboxylic acids is 1. The Bertz CT molecular complexity index is 1100. The summed E-state index contributed by atoms with van der Waals surface area (Å²) in [4.78, 5) is 50.2. The molecule has 3 amide bonds. The number of nitrogens with zero attached hydrogens (tertiary/aromatic N) is 2. The van der Waals surface area contributed by atoms with Crippen LogP contribution in [0.25, 0.3) is 0 Å². The number of rotatable bonds is 8. The fourth-order valence-corrected chi connectivity index (χ4v) is 5.61. The molecule has 0 saturated carbocycles. The summed E-state index contributed by atoms with van der Waals surface area (Å²) < 4.78 is 35.6. The Kier molecular flexibility index (Phi) is 7.03. The number of carbonyl (C=O) groups excluding carboxylic acids is 3. The molecule has 2 aliphatic rings. The molecule has 0 bridgehead atoms. The van der Waals surface area contributed by atoms with Crippen LogP contribution in [0.2, 0.25) is 0 Å². The predicted molar refractivity (Wildman–Crippen MR) is 112 cm³/mol. The van der Waals surface area contributed by atoms with Gasteiger partial charge in [0.15, 0.2) is 21.3 Å². The molecule has 0 radical (unpaired) electrons. The number of amides is 3. The maximum absolute atomic E-state index is 13.0. The SMILES string of the molecule is CO[C@H]1C(=O)N2C(C(=O)N(C)CC(=O)O)=C(COC(=O)NCc3ccccc3)CS(=O)(=O)[C@H]12. The van der Waals surface area contributed by atoms with E-state index in [1.165, 1.54) is 14.2 Å². The van der Waals surface area contributed by atoms with Gasteiger partial charge in [-0.15, -0.1) is 0 Å². The fourth-order valence-electron chi connectivity index (χ4n) is 3.60. The van der Waals surface area contributed by atoms with Gasteiger partial charge in [0.05, 0.1) is 5.75 Å². The first-order valence-corrected chi connectivity index (χ1v) is 11.5. The van der Waals surface area contributed by atoms with Gasteiger partial charge in [-0.25, -0.2) is 13.2 Å². The number of β-lactam (4-membered cyclic amide) rings is 1. The van der Waals surface area contributed by atoms with Crippen molar-refractivity contribution >= 4 is 33.7 Å². The molecule has 2 aliphatic heterocycles. The molecule has 0 unspecified atom stereocenters. The third kappa shape index (κ3) is 4.98. The lowest BCUT2D eigenvalue weighted by molar-refractivity contribution is -0.161. The van der Waals surface area contributed by atoms with Crippen LogP contribution in [-0.2, 0) is 40.2 Å². The van der Waals surface area contributed by atoms with Crippen LogP contribution in [0.4, 0.5) is 4.79 Å². The van der Waals surface area contributed by atoms with Crippen LogP contribution in [0.5, 0.6) is 0 Å². The van der Waals surface area contributed by atoms with Crippen LogP contribution in [0.1, 0.15) is 5.56 Å². The Morgan fingerprint density at radius 2 is 1.91 bits per heavy atom. The lowest BCUT2D eigenvalue weighted by atomic mass is 10.0. The number of aliphatic carboxylic acids is 1. The number of likely N-dealkylation sites (N-methyl/N-ethyl adjacent to an activating group) is 1. The number of nitrogens with one attached hydrogen (secondary N) is 1. The lowest BCUT2D eigenvalue weighted by Crippen LogP contribution is -2.71. The fraction of sp³-hybridized carbons (Fsp3) is 0.400. The summed E-state index contributed by atoms with van der Waals surface area (Å²) in [6, 6.07) is 8.97. The average Bonchev–Trinajstić information content (AvgIpc) is 2.76. The van der Waals surface area contributed by atoms with Crippen molar-refractivity contribution in [3.05, 3.63) is 47.2 Å². The highest BCUT2D eigenvalue weighted by Crippen LogP contribution is 2.38. The molecule has 0 aliphatic carbocycles. The molecule has 178 valence electrons. The van der Waals surface area contributed by atoms with Gasteiger partial charge in [-0.3, -0.25) is 19.3 Å². The van der Waals surface area contributed by atoms with Gasteiger partial charge in [-0.05, 0) is 5.56 Å². The number of carboxylic acid groups (broad SMARTS) is 1. The number of carbonyl (C=O) groups is 4. The minimum atomic E-state index is -3.96. The van der Waals surface area contributed by atoms with E-state index in [2.05, 4.69) is 5.32 Å². The molecule has 1 saturated heterocycles. The largest absolute Gasteiger partial charge is 0.480 e. The van der Waals surface area contributed by atoms with Crippen molar-refractivity contribution in [2.24, 2.45) is 0 Å². The molecule has 3 rings (SSSR count). The maximum Gasteiger partial charge on any atom is 0.407 e. The van der Waals surface area contributed by atoms with E-state index in [4.69, 9.17) is 14.6 Å². The third-order valence-electron chi connectivity index (χ3n) is 5.15. The lowest BCUT2D eigenvalue weighted by Gasteiger charge is -2.49. The zero-order valence-corrected chi connectivity index (χ0v) is 18.7. The van der Waals surface area contributed by atoms with Crippen molar-refractivity contribution < 1.29 is 42.2 Å². The summed E-state index contributed by atoms with van der Waals surface area (Å²) in [6.45, 7) is -1.11. The van der Waals surface area contributed by atoms with Crippen LogP contribution in [0, 0.1) is 0 Å². The van der Waals surface area contributed by atoms with Crippen LogP contribution < -0.4 is 5.32 Å². The summed E-state index contributed by atoms with van der Waals surface area (Å²) in [6.07, 6.45) is -2.14. The molecular weight excluding hydrogens is 458 g/mol. The van der Waals surface area contributed by atoms with Crippen LogP contribution in [-0.4, -0.2) is 91.7 Å². The van der Waals surface area contributed by atoms with Crippen molar-refractivity contribution in [3.8, 4) is 0 Å². The van der Waals surface area contributed by atoms with E-state index >= 15 is 0 Å². The monoisotopic (exact) mass is 481 g/mol. The van der Waals surface area contributed by atoms with Gasteiger partial charge in [0, 0.05) is 26.3 Å². The number of hydrogen-bond donors (Lipinski definition) is 2. The number of hydrogen-bond acceptors (Lipinski definition) is 8. The highest BCUT2D eigenvalue weighted by atomic mass is 32.2. The van der Waals surface area contributed by atoms with E-state index < -0.39 is 64.1 Å². The maximum atomic E-state index is 13.0. The first-order valence-electron chi connectivity index (χ1n) is 9.78. The minimum Gasteiger partial charge on any atom is -0.480 e. The van der Waals surface area contributed by atoms with Gasteiger partial charge in [0.25, 0.3) is 11.8 Å². The second kappa shape index (κ2) is 9.58. The van der Waals surface area contributed by atoms with Crippen molar-refractivity contribution in [2.75, 3.05) is 33.1 Å². The smallest absolute Gasteiger partial charge is 0.407 e. The molecule has 1 fully saturated rings. The second-order valence-corrected chi connectivity index (χ2v) is 9.58. The van der Waals surface area contributed by atoms with Gasteiger partial charge < -0.3 is 24.8 Å². The van der Waals surface area contributed by atoms with Crippen LogP contribution >= 0.6 is 0 Å². The van der Waals surface area contributed by atoms with Crippen molar-refractivity contribution in [3.63, 3.8) is 0 Å². The first-order chi connectivity index (χ1) is 15.6. The standard InChI is InChI=1S/C20H23N3O9S/c1-22(9-14(24)25)17(26)15-13(10-32-20(28)21-8-12-6-4-3-5-7-12)11-33(29,30)19-16(31-2)18(27)23(15)19/h3-7,16,19H,8-11H2,1-2H3,(H,21,28)(H,24,25)/t16-,19+/m0/s1. The highest BCUT2D eigenvalue weighted by Gasteiger charge is 2.60. The number of ether oxygens (including phenoxy) is 2. The zero-order valence-electron chi connectivity index (χ0n) is 17.9. The predicted octanol–water partition coefficient (Wildman–Crippen LogP) is -0.678. The Labute approximate surface area is 189 Å². The molecule has 33 heavy (non-hydrogen) atoms. The number of methoxy groups -OCH3 is 1. The summed E-state index contributed by atoms with van der Waals surface area (Å²) in [7, 11) is -1.59. The van der Waals surface area contributed by atoms with Gasteiger partial charge in [-0.2, -0.15) is 0 Å². The Hall–Kier alpha value is -3.45. The topological polar surface area (TPSA) is 160 Å². The van der Waals surface area contributed by atoms with Gasteiger partial charge in [0.1, 0.15) is 18.8 Å². The van der Waals surface area contributed by atoms with E-state index in [-0.39, 0.29) is 17.8 Å². The Morgan fingerprint density at radius 1 is 1.24 bits per heavy atom. The molecule has 1 aromatic rings. The first kappa shape index (κ1) is 24.2. The molecule has 0 aromatic heterocycles. The molecular formula is C20H23N3O9S. The molecule has 0 spiro atoms. The Morgan fingerprint density at radius 3 is 2.52 bits per heavy atom. The summed E-state index contributed by atoms with van der Waals surface area (Å²) in [5, 5.41) is 10.1. The Balaban J connectivity index is 1.83. The zero-order chi connectivity index (χ0) is 24.3. The summed E-state index contributed by atoms with van der Waals surface area (Å²) in [5.41, 5.74) is 0.346. The van der Waals surface area contributed by atoms with Crippen LogP contribution in [0.3, 0.4) is 0 Å². The molecule has 13 heteroatoms. The minimum absolute atomic E-state index is 0.133. The van der Waals surface area contributed by atoms with E-state index in [9.17, 15) is 27.6 Å². The number of sulfone groups is 1. The van der Waals surface area contributed by atoms with Crippen molar-refractivity contribution in [1.29, 1.82) is 0 Å². The van der Waals surface area contributed by atoms with Crippen molar-refractivity contribution in [2.45, 2.75) is 18.0 Å². The third-order valence-corrected chi connectivity index (χ3v) is 7.09. The molecule has 1 aromatic carbocycles. The quantitative estimate of drug-likeness (QED) is 0.459. The normalized spacial score (nSPS) is 21.0. The summed E-state index contributed by atoms with van der Waals surface area (Å²) in [5.74, 6) is -3.60. The van der Waals surface area contributed by atoms with Crippen LogP contribution in [0.15, 0.2) is 41.6 Å². The van der Waals surface area contributed by atoms with E-state index in [1.807, 2.05) is 6.07 Å². The average molecular weight is 481 g/mol. The van der Waals surface area contributed by atoms with Gasteiger partial charge in [-0.1, -0.05) is 30.3 Å². The van der Waals surface area contributed by atoms with E-state index in [0.717, 1.165) is 15.4 Å². The summed E-state index contributed by atoms with van der Waals surface area (Å²) >= 11 is 0. The molecule has 2 N–H and O–H groups in total. The van der Waals surface area contributed by atoms with Gasteiger partial charge >= 0.3 is 12.1 Å². The molecule has 12 nitrogen and oxygen atoms in total. The number of fused-ring (bicyclic) bond motifs is 1. The van der Waals surface area contributed by atoms with Crippen molar-refractivity contribution in [1.82, 2.24) is 15.1 Å². The molecule has 2 heterocycles.